The van der Waals surface area contributed by atoms with Crippen LogP contribution in [0, 0.1) is 17.3 Å². The van der Waals surface area contributed by atoms with Crippen molar-refractivity contribution >= 4 is 0 Å². The van der Waals surface area contributed by atoms with Gasteiger partial charge in [-0.3, -0.25) is 0 Å². The van der Waals surface area contributed by atoms with Crippen molar-refractivity contribution < 1.29 is 0 Å². The zero-order chi connectivity index (χ0) is 10.3. The molecule has 1 spiro atoms. The third-order valence-corrected chi connectivity index (χ3v) is 4.15. The van der Waals surface area contributed by atoms with Crippen molar-refractivity contribution in [3.05, 3.63) is 11.1 Å². The van der Waals surface area contributed by atoms with Crippen LogP contribution in [-0.2, 0) is 0 Å². The van der Waals surface area contributed by atoms with Crippen molar-refractivity contribution in [2.24, 2.45) is 17.3 Å². The summed E-state index contributed by atoms with van der Waals surface area (Å²) in [5.74, 6) is 1.57. The SMILES string of the molecule is CC(C)C1=C(C(C)C)C2(CCC1)CC2. The molecule has 0 amide bonds. The Morgan fingerprint density at radius 1 is 0.929 bits per heavy atom. The summed E-state index contributed by atoms with van der Waals surface area (Å²) in [5.41, 5.74) is 4.37. The first kappa shape index (κ1) is 10.3. The Morgan fingerprint density at radius 2 is 1.57 bits per heavy atom. The lowest BCUT2D eigenvalue weighted by molar-refractivity contribution is 0.415. The Kier molecular flexibility index (Phi) is 2.49. The van der Waals surface area contributed by atoms with Crippen LogP contribution in [0.1, 0.15) is 59.8 Å². The fourth-order valence-electron chi connectivity index (χ4n) is 3.48. The summed E-state index contributed by atoms with van der Waals surface area (Å²) < 4.78 is 0. The molecule has 0 aliphatic heterocycles. The molecule has 1 fully saturated rings. The van der Waals surface area contributed by atoms with Crippen LogP contribution < -0.4 is 0 Å². The summed E-state index contributed by atoms with van der Waals surface area (Å²) in [4.78, 5) is 0. The first-order chi connectivity index (χ1) is 6.57. The predicted octanol–water partition coefficient (Wildman–Crippen LogP) is 4.56. The fourth-order valence-corrected chi connectivity index (χ4v) is 3.48. The highest BCUT2D eigenvalue weighted by atomic mass is 14.5. The quantitative estimate of drug-likeness (QED) is 0.563. The smallest absolute Gasteiger partial charge is 0.00820 e. The minimum absolute atomic E-state index is 0.700. The molecular formula is C14H24. The molecule has 0 nitrogen and oxygen atoms in total. The molecule has 0 heteroatoms. The second-order valence-electron chi connectivity index (χ2n) is 5.88. The molecule has 0 aromatic rings. The van der Waals surface area contributed by atoms with Gasteiger partial charge < -0.3 is 0 Å². The van der Waals surface area contributed by atoms with E-state index >= 15 is 0 Å². The predicted molar refractivity (Wildman–Crippen MR) is 62.2 cm³/mol. The molecule has 0 atom stereocenters. The van der Waals surface area contributed by atoms with E-state index in [9.17, 15) is 0 Å². The molecule has 0 saturated heterocycles. The van der Waals surface area contributed by atoms with Gasteiger partial charge in [0.15, 0.2) is 0 Å². The lowest BCUT2D eigenvalue weighted by Gasteiger charge is -2.33. The van der Waals surface area contributed by atoms with Crippen molar-refractivity contribution in [2.45, 2.75) is 59.8 Å². The van der Waals surface area contributed by atoms with E-state index in [2.05, 4.69) is 27.7 Å². The number of allylic oxidation sites excluding steroid dienone is 2. The minimum atomic E-state index is 0.700. The van der Waals surface area contributed by atoms with Gasteiger partial charge in [-0.25, -0.2) is 0 Å². The summed E-state index contributed by atoms with van der Waals surface area (Å²) in [6.45, 7) is 9.53. The van der Waals surface area contributed by atoms with Gasteiger partial charge in [0, 0.05) is 0 Å². The van der Waals surface area contributed by atoms with E-state index in [1.165, 1.54) is 32.1 Å². The molecule has 0 bridgehead atoms. The van der Waals surface area contributed by atoms with Crippen LogP contribution in [0.4, 0.5) is 0 Å². The van der Waals surface area contributed by atoms with E-state index in [1.807, 2.05) is 11.1 Å². The maximum absolute atomic E-state index is 2.39. The van der Waals surface area contributed by atoms with Gasteiger partial charge >= 0.3 is 0 Å². The molecule has 2 aliphatic carbocycles. The molecule has 0 unspecified atom stereocenters. The number of hydrogen-bond donors (Lipinski definition) is 0. The first-order valence-electron chi connectivity index (χ1n) is 6.30. The molecule has 0 N–H and O–H groups in total. The minimum Gasteiger partial charge on any atom is -0.0676 e. The number of rotatable bonds is 2. The number of hydrogen-bond acceptors (Lipinski definition) is 0. The molecule has 0 radical (unpaired) electrons. The van der Waals surface area contributed by atoms with Gasteiger partial charge in [-0.1, -0.05) is 38.8 Å². The van der Waals surface area contributed by atoms with Crippen molar-refractivity contribution in [1.82, 2.24) is 0 Å². The van der Waals surface area contributed by atoms with Gasteiger partial charge in [0.1, 0.15) is 0 Å². The maximum Gasteiger partial charge on any atom is -0.00820 e. The maximum atomic E-state index is 2.39. The summed E-state index contributed by atoms with van der Waals surface area (Å²) in [6, 6.07) is 0. The highest BCUT2D eigenvalue weighted by Gasteiger charge is 2.48. The largest absolute Gasteiger partial charge is 0.0676 e. The lowest BCUT2D eigenvalue weighted by Crippen LogP contribution is -2.20. The van der Waals surface area contributed by atoms with E-state index in [-0.39, 0.29) is 0 Å². The summed E-state index contributed by atoms with van der Waals surface area (Å²) >= 11 is 0. The molecule has 0 heterocycles. The van der Waals surface area contributed by atoms with Crippen LogP contribution in [-0.4, -0.2) is 0 Å². The van der Waals surface area contributed by atoms with E-state index in [0.29, 0.717) is 5.41 Å². The summed E-state index contributed by atoms with van der Waals surface area (Å²) in [5, 5.41) is 0. The van der Waals surface area contributed by atoms with Crippen LogP contribution in [0.15, 0.2) is 11.1 Å². The van der Waals surface area contributed by atoms with Crippen molar-refractivity contribution in [2.75, 3.05) is 0 Å². The fraction of sp³-hybridized carbons (Fsp3) is 0.857. The van der Waals surface area contributed by atoms with Crippen LogP contribution in [0.2, 0.25) is 0 Å². The normalized spacial score (nSPS) is 25.3. The second-order valence-corrected chi connectivity index (χ2v) is 5.88. The molecule has 2 aliphatic rings. The van der Waals surface area contributed by atoms with Crippen LogP contribution in [0.25, 0.3) is 0 Å². The Labute approximate surface area is 88.8 Å². The van der Waals surface area contributed by atoms with Crippen molar-refractivity contribution in [1.29, 1.82) is 0 Å². The molecule has 0 aromatic heterocycles. The van der Waals surface area contributed by atoms with E-state index in [4.69, 9.17) is 0 Å². The van der Waals surface area contributed by atoms with Crippen molar-refractivity contribution in [3.8, 4) is 0 Å². The van der Waals surface area contributed by atoms with Crippen LogP contribution in [0.5, 0.6) is 0 Å². The van der Waals surface area contributed by atoms with Crippen molar-refractivity contribution in [3.63, 3.8) is 0 Å². The van der Waals surface area contributed by atoms with Crippen LogP contribution >= 0.6 is 0 Å². The zero-order valence-electron chi connectivity index (χ0n) is 10.2. The van der Waals surface area contributed by atoms with Gasteiger partial charge in [-0.05, 0) is 49.4 Å². The third-order valence-electron chi connectivity index (χ3n) is 4.15. The molecule has 2 rings (SSSR count). The summed E-state index contributed by atoms with van der Waals surface area (Å²) in [7, 11) is 0. The average molecular weight is 192 g/mol. The Morgan fingerprint density at radius 3 is 2.00 bits per heavy atom. The van der Waals surface area contributed by atoms with Gasteiger partial charge in [0.2, 0.25) is 0 Å². The topological polar surface area (TPSA) is 0 Å². The molecular weight excluding hydrogens is 168 g/mol. The average Bonchev–Trinajstić information content (AvgIpc) is 2.84. The molecule has 14 heavy (non-hydrogen) atoms. The van der Waals surface area contributed by atoms with Gasteiger partial charge in [0.05, 0.1) is 0 Å². The Bertz CT molecular complexity index is 251. The zero-order valence-corrected chi connectivity index (χ0v) is 10.2. The monoisotopic (exact) mass is 192 g/mol. The summed E-state index contributed by atoms with van der Waals surface area (Å²) in [6.07, 6.45) is 7.28. The molecule has 1 saturated carbocycles. The van der Waals surface area contributed by atoms with Gasteiger partial charge in [-0.15, -0.1) is 0 Å². The highest BCUT2D eigenvalue weighted by molar-refractivity contribution is 5.32. The highest BCUT2D eigenvalue weighted by Crippen LogP contribution is 2.61. The second kappa shape index (κ2) is 3.40. The Balaban J connectivity index is 2.37. The van der Waals surface area contributed by atoms with E-state index in [1.54, 1.807) is 0 Å². The third kappa shape index (κ3) is 1.53. The van der Waals surface area contributed by atoms with E-state index < -0.39 is 0 Å². The Hall–Kier alpha value is -0.260. The molecule has 80 valence electrons. The van der Waals surface area contributed by atoms with Gasteiger partial charge in [-0.2, -0.15) is 0 Å². The lowest BCUT2D eigenvalue weighted by atomic mass is 9.72. The molecule has 0 aromatic carbocycles. The standard InChI is InChI=1S/C14H24/c1-10(2)12-6-5-7-14(8-9-14)13(12)11(3)4/h10-11H,5-9H2,1-4H3. The van der Waals surface area contributed by atoms with Crippen LogP contribution in [0.3, 0.4) is 0 Å². The van der Waals surface area contributed by atoms with Gasteiger partial charge in [0.25, 0.3) is 0 Å². The first-order valence-corrected chi connectivity index (χ1v) is 6.30. The van der Waals surface area contributed by atoms with E-state index in [0.717, 1.165) is 11.8 Å².